The van der Waals surface area contributed by atoms with Gasteiger partial charge < -0.3 is 14.9 Å². The summed E-state index contributed by atoms with van der Waals surface area (Å²) in [6.45, 7) is 2.45. The van der Waals surface area contributed by atoms with E-state index in [-0.39, 0.29) is 24.9 Å². The molecule has 1 aliphatic heterocycles. The van der Waals surface area contributed by atoms with Crippen LogP contribution in [0.25, 0.3) is 0 Å². The number of likely N-dealkylation sites (N-methyl/N-ethyl adjacent to an activating group) is 1. The van der Waals surface area contributed by atoms with Crippen molar-refractivity contribution in [1.82, 2.24) is 14.8 Å². The van der Waals surface area contributed by atoms with Crippen LogP contribution in [-0.2, 0) is 9.59 Å². The number of rotatable bonds is 4. The van der Waals surface area contributed by atoms with E-state index in [4.69, 9.17) is 5.11 Å². The predicted molar refractivity (Wildman–Crippen MR) is 82.9 cm³/mol. The van der Waals surface area contributed by atoms with Crippen LogP contribution in [0.5, 0.6) is 0 Å². The predicted octanol–water partition coefficient (Wildman–Crippen LogP) is 0.785. The Labute approximate surface area is 134 Å². The lowest BCUT2D eigenvalue weighted by Crippen LogP contribution is -2.47. The first kappa shape index (κ1) is 16.9. The molecule has 0 aliphatic carbocycles. The largest absolute Gasteiger partial charge is 0.481 e. The van der Waals surface area contributed by atoms with Gasteiger partial charge in [-0.2, -0.15) is 0 Å². The van der Waals surface area contributed by atoms with Crippen LogP contribution in [0.4, 0.5) is 0 Å². The maximum absolute atomic E-state index is 12.4. The Morgan fingerprint density at radius 3 is 2.83 bits per heavy atom. The quantitative estimate of drug-likeness (QED) is 0.886. The van der Waals surface area contributed by atoms with Gasteiger partial charge in [0.1, 0.15) is 5.69 Å². The molecule has 0 saturated carbocycles. The van der Waals surface area contributed by atoms with Gasteiger partial charge in [0, 0.05) is 26.3 Å². The smallest absolute Gasteiger partial charge is 0.308 e. The van der Waals surface area contributed by atoms with E-state index in [1.807, 2.05) is 0 Å². The van der Waals surface area contributed by atoms with Crippen molar-refractivity contribution in [2.45, 2.75) is 19.8 Å². The molecule has 1 fully saturated rings. The highest BCUT2D eigenvalue weighted by molar-refractivity contribution is 5.95. The van der Waals surface area contributed by atoms with Crippen LogP contribution in [0.1, 0.15) is 28.9 Å². The molecule has 0 bridgehead atoms. The molecule has 1 aromatic rings. The van der Waals surface area contributed by atoms with Crippen LogP contribution >= 0.6 is 0 Å². The van der Waals surface area contributed by atoms with Gasteiger partial charge in [-0.3, -0.25) is 19.4 Å². The summed E-state index contributed by atoms with van der Waals surface area (Å²) in [6.07, 6.45) is 2.79. The molecule has 0 spiro atoms. The van der Waals surface area contributed by atoms with Gasteiger partial charge in [-0.25, -0.2) is 0 Å². The van der Waals surface area contributed by atoms with Gasteiger partial charge in [-0.15, -0.1) is 0 Å². The van der Waals surface area contributed by atoms with Crippen molar-refractivity contribution in [3.8, 4) is 0 Å². The maximum atomic E-state index is 12.4. The lowest BCUT2D eigenvalue weighted by molar-refractivity contribution is -0.145. The molecule has 7 nitrogen and oxygen atoms in total. The van der Waals surface area contributed by atoms with E-state index in [1.54, 1.807) is 26.1 Å². The van der Waals surface area contributed by atoms with Crippen molar-refractivity contribution in [3.63, 3.8) is 0 Å². The number of hydrogen-bond acceptors (Lipinski definition) is 4. The fourth-order valence-electron chi connectivity index (χ4n) is 2.67. The Balaban J connectivity index is 1.98. The number of piperidine rings is 1. The van der Waals surface area contributed by atoms with E-state index in [0.29, 0.717) is 25.1 Å². The van der Waals surface area contributed by atoms with Gasteiger partial charge in [0.2, 0.25) is 5.91 Å². The Kier molecular flexibility index (Phi) is 5.31. The highest BCUT2D eigenvalue weighted by Crippen LogP contribution is 2.17. The minimum absolute atomic E-state index is 0.0822. The van der Waals surface area contributed by atoms with E-state index in [2.05, 4.69) is 4.98 Å². The summed E-state index contributed by atoms with van der Waals surface area (Å²) < 4.78 is 0. The molecule has 1 atom stereocenters. The summed E-state index contributed by atoms with van der Waals surface area (Å²) in [4.78, 5) is 42.6. The third-order valence-corrected chi connectivity index (χ3v) is 4.05. The summed E-state index contributed by atoms with van der Waals surface area (Å²) >= 11 is 0. The molecule has 1 aliphatic rings. The van der Waals surface area contributed by atoms with E-state index >= 15 is 0 Å². The van der Waals surface area contributed by atoms with Crippen molar-refractivity contribution >= 4 is 17.8 Å². The van der Waals surface area contributed by atoms with E-state index in [1.165, 1.54) is 16.0 Å². The first-order valence-electron chi connectivity index (χ1n) is 7.57. The van der Waals surface area contributed by atoms with Crippen LogP contribution in [0.3, 0.4) is 0 Å². The molecule has 1 N–H and O–H groups in total. The van der Waals surface area contributed by atoms with Crippen LogP contribution in [0.2, 0.25) is 0 Å². The molecule has 2 heterocycles. The summed E-state index contributed by atoms with van der Waals surface area (Å²) in [6, 6.07) is 3.54. The summed E-state index contributed by atoms with van der Waals surface area (Å²) in [7, 11) is 1.55. The molecule has 0 aromatic carbocycles. The first-order chi connectivity index (χ1) is 10.9. The summed E-state index contributed by atoms with van der Waals surface area (Å²) in [5, 5.41) is 9.08. The Hall–Kier alpha value is -2.44. The number of hydrogen-bond donors (Lipinski definition) is 1. The van der Waals surface area contributed by atoms with Crippen molar-refractivity contribution in [1.29, 1.82) is 0 Å². The minimum Gasteiger partial charge on any atom is -0.481 e. The Bertz CT molecular complexity index is 617. The second kappa shape index (κ2) is 7.21. The molecule has 0 radical (unpaired) electrons. The molecule has 7 heteroatoms. The molecule has 2 amide bonds. The SMILES string of the molecule is Cc1cccnc1C(=O)N(C)CC(=O)N1CCCC(C(=O)O)C1. The number of amides is 2. The molecule has 124 valence electrons. The molecule has 1 aromatic heterocycles. The number of carboxylic acids is 1. The van der Waals surface area contributed by atoms with Crippen molar-refractivity contribution in [3.05, 3.63) is 29.6 Å². The summed E-state index contributed by atoms with van der Waals surface area (Å²) in [5.41, 5.74) is 1.07. The standard InChI is InChI=1S/C16H21N3O4/c1-11-5-3-7-17-14(11)15(21)18(2)10-13(20)19-8-4-6-12(9-19)16(22)23/h3,5,7,12H,4,6,8-10H2,1-2H3,(H,22,23). The highest BCUT2D eigenvalue weighted by Gasteiger charge is 2.29. The molecular weight excluding hydrogens is 298 g/mol. The van der Waals surface area contributed by atoms with Crippen LogP contribution in [-0.4, -0.2) is 64.4 Å². The number of aromatic nitrogens is 1. The maximum Gasteiger partial charge on any atom is 0.308 e. The topological polar surface area (TPSA) is 90.8 Å². The fourth-order valence-corrected chi connectivity index (χ4v) is 2.67. The van der Waals surface area contributed by atoms with Crippen LogP contribution < -0.4 is 0 Å². The Morgan fingerprint density at radius 1 is 1.43 bits per heavy atom. The van der Waals surface area contributed by atoms with Gasteiger partial charge >= 0.3 is 5.97 Å². The van der Waals surface area contributed by atoms with Gasteiger partial charge in [0.25, 0.3) is 5.91 Å². The number of nitrogens with zero attached hydrogens (tertiary/aromatic N) is 3. The van der Waals surface area contributed by atoms with Gasteiger partial charge in [0.15, 0.2) is 0 Å². The second-order valence-corrected chi connectivity index (χ2v) is 5.85. The molecule has 23 heavy (non-hydrogen) atoms. The van der Waals surface area contributed by atoms with Crippen LogP contribution in [0.15, 0.2) is 18.3 Å². The molecular formula is C16H21N3O4. The zero-order chi connectivity index (χ0) is 17.0. The van der Waals surface area contributed by atoms with E-state index in [9.17, 15) is 14.4 Å². The molecule has 1 unspecified atom stereocenters. The zero-order valence-electron chi connectivity index (χ0n) is 13.4. The van der Waals surface area contributed by atoms with Gasteiger partial charge in [-0.05, 0) is 31.4 Å². The van der Waals surface area contributed by atoms with Gasteiger partial charge in [-0.1, -0.05) is 6.07 Å². The number of carboxylic acid groups (broad SMARTS) is 1. The average Bonchev–Trinajstić information content (AvgIpc) is 2.54. The highest BCUT2D eigenvalue weighted by atomic mass is 16.4. The number of aryl methyl sites for hydroxylation is 1. The lowest BCUT2D eigenvalue weighted by Gasteiger charge is -2.32. The molecule has 1 saturated heterocycles. The second-order valence-electron chi connectivity index (χ2n) is 5.85. The normalized spacial score (nSPS) is 17.7. The van der Waals surface area contributed by atoms with Gasteiger partial charge in [0.05, 0.1) is 12.5 Å². The first-order valence-corrected chi connectivity index (χ1v) is 7.57. The average molecular weight is 319 g/mol. The number of carbonyl (C=O) groups is 3. The molecule has 2 rings (SSSR count). The Morgan fingerprint density at radius 2 is 2.17 bits per heavy atom. The number of aliphatic carboxylic acids is 1. The number of likely N-dealkylation sites (tertiary alicyclic amines) is 1. The van der Waals surface area contributed by atoms with E-state index < -0.39 is 11.9 Å². The zero-order valence-corrected chi connectivity index (χ0v) is 13.4. The third kappa shape index (κ3) is 4.06. The van der Waals surface area contributed by atoms with Crippen molar-refractivity contribution in [2.24, 2.45) is 5.92 Å². The van der Waals surface area contributed by atoms with E-state index in [0.717, 1.165) is 5.56 Å². The summed E-state index contributed by atoms with van der Waals surface area (Å²) in [5.74, 6) is -1.95. The lowest BCUT2D eigenvalue weighted by atomic mass is 9.98. The van der Waals surface area contributed by atoms with Crippen molar-refractivity contribution in [2.75, 3.05) is 26.7 Å². The van der Waals surface area contributed by atoms with Crippen LogP contribution in [0, 0.1) is 12.8 Å². The minimum atomic E-state index is -0.879. The van der Waals surface area contributed by atoms with Crippen molar-refractivity contribution < 1.29 is 19.5 Å². The fraction of sp³-hybridized carbons (Fsp3) is 0.500. The monoisotopic (exact) mass is 319 g/mol. The number of carbonyl (C=O) groups excluding carboxylic acids is 2. The number of pyridine rings is 1. The third-order valence-electron chi connectivity index (χ3n) is 4.05.